The largest absolute Gasteiger partial charge is 0.359 e. The lowest BCUT2D eigenvalue weighted by Crippen LogP contribution is -2.17. The molecule has 0 aliphatic carbocycles. The van der Waals surface area contributed by atoms with Gasteiger partial charge in [0.2, 0.25) is 0 Å². The van der Waals surface area contributed by atoms with Crippen molar-refractivity contribution in [3.8, 4) is 0 Å². The Kier molecular flexibility index (Phi) is 5.19. The minimum atomic E-state index is -3.96. The third-order valence-electron chi connectivity index (χ3n) is 4.13. The van der Waals surface area contributed by atoms with E-state index in [2.05, 4.69) is 15.2 Å². The standard InChI is InChI=1S/C19H18FN3O4S/c1-11-4-9-16(28(25,26)23-15-7-5-14(20)6-8-15)10-17(11)19(24)21-18-12(2)22-27-13(18)3/h4-10,23H,1-3H3,(H,21,24). The van der Waals surface area contributed by atoms with Gasteiger partial charge >= 0.3 is 0 Å². The van der Waals surface area contributed by atoms with E-state index >= 15 is 0 Å². The fraction of sp³-hybridized carbons (Fsp3) is 0.158. The Labute approximate surface area is 161 Å². The Balaban J connectivity index is 1.90. The third-order valence-corrected chi connectivity index (χ3v) is 5.51. The van der Waals surface area contributed by atoms with Gasteiger partial charge in [-0.2, -0.15) is 0 Å². The summed E-state index contributed by atoms with van der Waals surface area (Å²) in [6.45, 7) is 5.05. The molecule has 1 amide bonds. The number of hydrogen-bond donors (Lipinski definition) is 2. The predicted molar refractivity (Wildman–Crippen MR) is 102 cm³/mol. The Bertz CT molecular complexity index is 1120. The molecule has 7 nitrogen and oxygen atoms in total. The average molecular weight is 403 g/mol. The molecular weight excluding hydrogens is 385 g/mol. The zero-order valence-corrected chi connectivity index (χ0v) is 16.2. The molecule has 0 radical (unpaired) electrons. The van der Waals surface area contributed by atoms with Crippen LogP contribution in [0.3, 0.4) is 0 Å². The summed E-state index contributed by atoms with van der Waals surface area (Å²) in [5, 5.41) is 6.47. The molecule has 0 aliphatic rings. The zero-order chi connectivity index (χ0) is 20.5. The van der Waals surface area contributed by atoms with Gasteiger partial charge in [-0.05, 0) is 62.7 Å². The highest BCUT2D eigenvalue weighted by Crippen LogP contribution is 2.23. The maximum absolute atomic E-state index is 13.0. The van der Waals surface area contributed by atoms with Crippen LogP contribution in [0.25, 0.3) is 0 Å². The van der Waals surface area contributed by atoms with Gasteiger partial charge in [0.05, 0.1) is 4.90 Å². The Morgan fingerprint density at radius 1 is 1.07 bits per heavy atom. The molecule has 0 aliphatic heterocycles. The molecule has 2 aromatic carbocycles. The molecular formula is C19H18FN3O4S. The van der Waals surface area contributed by atoms with Gasteiger partial charge in [0, 0.05) is 11.3 Å². The number of halogens is 1. The van der Waals surface area contributed by atoms with E-state index in [0.717, 1.165) is 12.1 Å². The van der Waals surface area contributed by atoms with E-state index in [1.807, 2.05) is 0 Å². The number of anilines is 2. The van der Waals surface area contributed by atoms with Crippen molar-refractivity contribution in [2.24, 2.45) is 0 Å². The van der Waals surface area contributed by atoms with Crippen LogP contribution in [0.5, 0.6) is 0 Å². The number of rotatable bonds is 5. The summed E-state index contributed by atoms with van der Waals surface area (Å²) < 4.78 is 45.7. The van der Waals surface area contributed by atoms with Gasteiger partial charge in [-0.15, -0.1) is 0 Å². The lowest BCUT2D eigenvalue weighted by Gasteiger charge is -2.12. The summed E-state index contributed by atoms with van der Waals surface area (Å²) in [6, 6.07) is 9.15. The molecule has 0 saturated heterocycles. The number of carbonyl (C=O) groups excluding carboxylic acids is 1. The number of carbonyl (C=O) groups is 1. The quantitative estimate of drug-likeness (QED) is 0.675. The molecule has 1 heterocycles. The van der Waals surface area contributed by atoms with Crippen LogP contribution in [0.2, 0.25) is 0 Å². The molecule has 0 atom stereocenters. The van der Waals surface area contributed by atoms with Gasteiger partial charge in [-0.1, -0.05) is 11.2 Å². The molecule has 0 spiro atoms. The van der Waals surface area contributed by atoms with Crippen LogP contribution in [0, 0.1) is 26.6 Å². The molecule has 1 aromatic heterocycles. The molecule has 2 N–H and O–H groups in total. The maximum atomic E-state index is 13.0. The first kappa shape index (κ1) is 19.6. The van der Waals surface area contributed by atoms with Crippen molar-refractivity contribution in [2.75, 3.05) is 10.0 Å². The second kappa shape index (κ2) is 7.43. The summed E-state index contributed by atoms with van der Waals surface area (Å²) in [4.78, 5) is 12.6. The molecule has 0 fully saturated rings. The fourth-order valence-corrected chi connectivity index (χ4v) is 3.67. The number of nitrogens with zero attached hydrogens (tertiary/aromatic N) is 1. The number of aryl methyl sites for hydroxylation is 3. The monoisotopic (exact) mass is 403 g/mol. The Morgan fingerprint density at radius 3 is 2.36 bits per heavy atom. The van der Waals surface area contributed by atoms with Crippen molar-refractivity contribution in [2.45, 2.75) is 25.7 Å². The highest BCUT2D eigenvalue weighted by atomic mass is 32.2. The van der Waals surface area contributed by atoms with Crippen molar-refractivity contribution in [1.29, 1.82) is 0 Å². The number of benzene rings is 2. The summed E-state index contributed by atoms with van der Waals surface area (Å²) >= 11 is 0. The third kappa shape index (κ3) is 4.04. The maximum Gasteiger partial charge on any atom is 0.261 e. The minimum absolute atomic E-state index is 0.0914. The molecule has 3 rings (SSSR count). The first-order chi connectivity index (χ1) is 13.2. The van der Waals surface area contributed by atoms with Crippen molar-refractivity contribution < 1.29 is 22.1 Å². The van der Waals surface area contributed by atoms with Crippen LogP contribution in [0.15, 0.2) is 51.9 Å². The SMILES string of the molecule is Cc1ccc(S(=O)(=O)Nc2ccc(F)cc2)cc1C(=O)Nc1c(C)noc1C. The van der Waals surface area contributed by atoms with Crippen LogP contribution >= 0.6 is 0 Å². The highest BCUT2D eigenvalue weighted by molar-refractivity contribution is 7.92. The lowest BCUT2D eigenvalue weighted by atomic mass is 10.1. The van der Waals surface area contributed by atoms with Gasteiger partial charge in [0.15, 0.2) is 5.76 Å². The number of aromatic nitrogens is 1. The van der Waals surface area contributed by atoms with E-state index in [4.69, 9.17) is 4.52 Å². The summed E-state index contributed by atoms with van der Waals surface area (Å²) in [5.41, 5.74) is 1.98. The summed E-state index contributed by atoms with van der Waals surface area (Å²) in [5.74, 6) is -0.507. The van der Waals surface area contributed by atoms with E-state index < -0.39 is 21.7 Å². The van der Waals surface area contributed by atoms with Gasteiger partial charge in [0.25, 0.3) is 15.9 Å². The van der Waals surface area contributed by atoms with E-state index in [9.17, 15) is 17.6 Å². The van der Waals surface area contributed by atoms with Crippen LogP contribution in [-0.4, -0.2) is 19.5 Å². The van der Waals surface area contributed by atoms with Crippen molar-refractivity contribution >= 4 is 27.3 Å². The van der Waals surface area contributed by atoms with E-state index in [1.54, 1.807) is 26.8 Å². The number of sulfonamides is 1. The van der Waals surface area contributed by atoms with E-state index in [-0.39, 0.29) is 16.1 Å². The minimum Gasteiger partial charge on any atom is -0.359 e. The molecule has 146 valence electrons. The topological polar surface area (TPSA) is 101 Å². The number of nitrogens with one attached hydrogen (secondary N) is 2. The van der Waals surface area contributed by atoms with Gasteiger partial charge < -0.3 is 9.84 Å². The normalized spacial score (nSPS) is 11.3. The van der Waals surface area contributed by atoms with Crippen LogP contribution in [-0.2, 0) is 10.0 Å². The Morgan fingerprint density at radius 2 is 1.75 bits per heavy atom. The summed E-state index contributed by atoms with van der Waals surface area (Å²) in [6.07, 6.45) is 0. The van der Waals surface area contributed by atoms with Crippen LogP contribution in [0.4, 0.5) is 15.8 Å². The fourth-order valence-electron chi connectivity index (χ4n) is 2.59. The van der Waals surface area contributed by atoms with E-state index in [0.29, 0.717) is 22.7 Å². The molecule has 28 heavy (non-hydrogen) atoms. The van der Waals surface area contributed by atoms with Crippen LogP contribution < -0.4 is 10.0 Å². The first-order valence-electron chi connectivity index (χ1n) is 8.30. The van der Waals surface area contributed by atoms with Gasteiger partial charge in [-0.25, -0.2) is 12.8 Å². The van der Waals surface area contributed by atoms with Crippen molar-refractivity contribution in [3.63, 3.8) is 0 Å². The van der Waals surface area contributed by atoms with Crippen molar-refractivity contribution in [3.05, 3.63) is 70.9 Å². The predicted octanol–water partition coefficient (Wildman–Crippen LogP) is 3.79. The molecule has 0 unspecified atom stereocenters. The van der Waals surface area contributed by atoms with Crippen LogP contribution in [0.1, 0.15) is 27.4 Å². The second-order valence-corrected chi connectivity index (χ2v) is 7.92. The molecule has 3 aromatic rings. The molecule has 0 bridgehead atoms. The number of amides is 1. The lowest BCUT2D eigenvalue weighted by molar-refractivity contribution is 0.102. The first-order valence-corrected chi connectivity index (χ1v) is 9.79. The smallest absolute Gasteiger partial charge is 0.261 e. The summed E-state index contributed by atoms with van der Waals surface area (Å²) in [7, 11) is -3.96. The van der Waals surface area contributed by atoms with Crippen molar-refractivity contribution in [1.82, 2.24) is 5.16 Å². The molecule has 0 saturated carbocycles. The van der Waals surface area contributed by atoms with Gasteiger partial charge in [0.1, 0.15) is 17.2 Å². The highest BCUT2D eigenvalue weighted by Gasteiger charge is 2.20. The Hall–Kier alpha value is -3.20. The second-order valence-electron chi connectivity index (χ2n) is 6.24. The number of hydrogen-bond acceptors (Lipinski definition) is 5. The van der Waals surface area contributed by atoms with E-state index in [1.165, 1.54) is 24.3 Å². The van der Waals surface area contributed by atoms with Gasteiger partial charge in [-0.3, -0.25) is 9.52 Å². The zero-order valence-electron chi connectivity index (χ0n) is 15.4. The average Bonchev–Trinajstić information content (AvgIpc) is 2.95. The molecule has 9 heteroatoms.